The monoisotopic (exact) mass is 267 g/mol. The zero-order valence-electron chi connectivity index (χ0n) is 11.9. The van der Waals surface area contributed by atoms with Crippen molar-refractivity contribution in [3.05, 3.63) is 12.2 Å². The Balaban J connectivity index is 2.15. The average Bonchev–Trinajstić information content (AvgIpc) is 2.79. The summed E-state index contributed by atoms with van der Waals surface area (Å²) in [6.07, 6.45) is 8.64. The number of carboxylic acids is 1. The molecule has 19 heavy (non-hydrogen) atoms. The van der Waals surface area contributed by atoms with Crippen LogP contribution in [0.5, 0.6) is 0 Å². The molecule has 4 nitrogen and oxygen atoms in total. The van der Waals surface area contributed by atoms with E-state index in [9.17, 15) is 9.59 Å². The molecule has 1 unspecified atom stereocenters. The molecule has 1 rings (SSSR count). The number of carboxylic acid groups (broad SMARTS) is 1. The van der Waals surface area contributed by atoms with Gasteiger partial charge in [0, 0.05) is 19.4 Å². The van der Waals surface area contributed by atoms with Crippen molar-refractivity contribution in [2.75, 3.05) is 6.54 Å². The molecule has 0 aromatic rings. The van der Waals surface area contributed by atoms with Crippen LogP contribution in [0.15, 0.2) is 12.2 Å². The highest BCUT2D eigenvalue weighted by Gasteiger charge is 2.19. The van der Waals surface area contributed by atoms with E-state index in [4.69, 9.17) is 5.11 Å². The van der Waals surface area contributed by atoms with Crippen LogP contribution in [-0.4, -0.2) is 23.5 Å². The minimum Gasteiger partial charge on any atom is -0.481 e. The van der Waals surface area contributed by atoms with Gasteiger partial charge in [-0.1, -0.05) is 26.0 Å². The summed E-state index contributed by atoms with van der Waals surface area (Å²) in [5.41, 5.74) is -0.0427. The van der Waals surface area contributed by atoms with E-state index < -0.39 is 5.97 Å². The predicted molar refractivity (Wildman–Crippen MR) is 74.8 cm³/mol. The van der Waals surface area contributed by atoms with Crippen molar-refractivity contribution in [3.8, 4) is 0 Å². The first-order valence-electron chi connectivity index (χ1n) is 7.04. The maximum absolute atomic E-state index is 11.7. The summed E-state index contributed by atoms with van der Waals surface area (Å²) >= 11 is 0. The number of nitrogens with one attached hydrogen (secondary N) is 1. The molecule has 4 heteroatoms. The maximum atomic E-state index is 11.7. The number of rotatable bonds is 8. The molecule has 0 aromatic heterocycles. The third-order valence-corrected chi connectivity index (χ3v) is 3.70. The molecule has 2 N–H and O–H groups in total. The molecule has 108 valence electrons. The Morgan fingerprint density at radius 2 is 2.11 bits per heavy atom. The molecule has 0 fully saturated rings. The quantitative estimate of drug-likeness (QED) is 0.664. The molecule has 0 aliphatic heterocycles. The lowest BCUT2D eigenvalue weighted by Gasteiger charge is -2.24. The lowest BCUT2D eigenvalue weighted by molar-refractivity contribution is -0.137. The predicted octanol–water partition coefficient (Wildman–Crippen LogP) is 2.74. The van der Waals surface area contributed by atoms with E-state index in [-0.39, 0.29) is 17.7 Å². The number of hydrogen-bond donors (Lipinski definition) is 2. The summed E-state index contributed by atoms with van der Waals surface area (Å²) in [4.78, 5) is 22.3. The van der Waals surface area contributed by atoms with E-state index in [0.29, 0.717) is 25.3 Å². The van der Waals surface area contributed by atoms with E-state index in [0.717, 1.165) is 19.3 Å². The molecule has 1 amide bonds. The van der Waals surface area contributed by atoms with Crippen molar-refractivity contribution in [3.63, 3.8) is 0 Å². The molecule has 1 atom stereocenters. The number of allylic oxidation sites excluding steroid dienone is 2. The summed E-state index contributed by atoms with van der Waals surface area (Å²) in [6.45, 7) is 4.71. The number of amides is 1. The number of hydrogen-bond acceptors (Lipinski definition) is 2. The van der Waals surface area contributed by atoms with Crippen LogP contribution in [0.2, 0.25) is 0 Å². The lowest BCUT2D eigenvalue weighted by atomic mass is 9.84. The highest BCUT2D eigenvalue weighted by Crippen LogP contribution is 2.26. The Bertz CT molecular complexity index is 347. The van der Waals surface area contributed by atoms with E-state index in [1.165, 1.54) is 0 Å². The first-order chi connectivity index (χ1) is 8.89. The summed E-state index contributed by atoms with van der Waals surface area (Å²) < 4.78 is 0. The first-order valence-corrected chi connectivity index (χ1v) is 7.04. The number of aliphatic carboxylic acids is 1. The largest absolute Gasteiger partial charge is 0.481 e. The summed E-state index contributed by atoms with van der Waals surface area (Å²) in [5.74, 6) is -0.254. The Hall–Kier alpha value is -1.32. The van der Waals surface area contributed by atoms with Gasteiger partial charge in [0.1, 0.15) is 0 Å². The van der Waals surface area contributed by atoms with Gasteiger partial charge in [-0.15, -0.1) is 0 Å². The molecule has 0 heterocycles. The van der Waals surface area contributed by atoms with Gasteiger partial charge in [-0.2, -0.15) is 0 Å². The van der Waals surface area contributed by atoms with E-state index in [1.807, 2.05) is 13.8 Å². The lowest BCUT2D eigenvalue weighted by Crippen LogP contribution is -2.29. The maximum Gasteiger partial charge on any atom is 0.303 e. The van der Waals surface area contributed by atoms with Crippen LogP contribution < -0.4 is 5.32 Å². The fraction of sp³-hybridized carbons (Fsp3) is 0.733. The van der Waals surface area contributed by atoms with Gasteiger partial charge in [0.15, 0.2) is 0 Å². The first kappa shape index (κ1) is 15.7. The van der Waals surface area contributed by atoms with Crippen LogP contribution in [0.3, 0.4) is 0 Å². The zero-order chi connectivity index (χ0) is 14.3. The van der Waals surface area contributed by atoms with Crippen molar-refractivity contribution in [1.29, 1.82) is 0 Å². The molecule has 0 saturated heterocycles. The van der Waals surface area contributed by atoms with Crippen LogP contribution >= 0.6 is 0 Å². The van der Waals surface area contributed by atoms with Crippen molar-refractivity contribution >= 4 is 11.9 Å². The highest BCUT2D eigenvalue weighted by molar-refractivity contribution is 5.76. The summed E-state index contributed by atoms with van der Waals surface area (Å²) in [5, 5.41) is 11.6. The fourth-order valence-electron chi connectivity index (χ4n) is 2.29. The van der Waals surface area contributed by atoms with Crippen LogP contribution in [0.1, 0.15) is 52.4 Å². The Labute approximate surface area is 115 Å². The second kappa shape index (κ2) is 7.31. The molecule has 1 aliphatic carbocycles. The SMILES string of the molecule is CC(C)(CCNC(=O)CC1C=CCC1)CCC(=O)O. The summed E-state index contributed by atoms with van der Waals surface area (Å²) in [6, 6.07) is 0. The number of carbonyl (C=O) groups excluding carboxylic acids is 1. The fourth-order valence-corrected chi connectivity index (χ4v) is 2.29. The van der Waals surface area contributed by atoms with Gasteiger partial charge in [-0.25, -0.2) is 0 Å². The van der Waals surface area contributed by atoms with Crippen molar-refractivity contribution in [1.82, 2.24) is 5.32 Å². The second-order valence-electron chi connectivity index (χ2n) is 6.13. The molecular weight excluding hydrogens is 242 g/mol. The normalized spacial score (nSPS) is 18.5. The van der Waals surface area contributed by atoms with Gasteiger partial charge in [-0.3, -0.25) is 9.59 Å². The molecule has 0 radical (unpaired) electrons. The number of carbonyl (C=O) groups is 2. The molecule has 1 aliphatic rings. The van der Waals surface area contributed by atoms with E-state index in [2.05, 4.69) is 17.5 Å². The third kappa shape index (κ3) is 6.99. The van der Waals surface area contributed by atoms with Crippen LogP contribution in [-0.2, 0) is 9.59 Å². The summed E-state index contributed by atoms with van der Waals surface area (Å²) in [7, 11) is 0. The smallest absolute Gasteiger partial charge is 0.303 e. The Morgan fingerprint density at radius 3 is 2.68 bits per heavy atom. The van der Waals surface area contributed by atoms with E-state index >= 15 is 0 Å². The standard InChI is InChI=1S/C15H25NO3/c1-15(2,8-7-14(18)19)9-10-16-13(17)11-12-5-3-4-6-12/h3,5,12H,4,6-11H2,1-2H3,(H,16,17)(H,18,19). The van der Waals surface area contributed by atoms with E-state index in [1.54, 1.807) is 0 Å². The van der Waals surface area contributed by atoms with Crippen molar-refractivity contribution in [2.45, 2.75) is 52.4 Å². The molecule has 0 spiro atoms. The van der Waals surface area contributed by atoms with Crippen LogP contribution in [0.25, 0.3) is 0 Å². The molecule has 0 aromatic carbocycles. The Morgan fingerprint density at radius 1 is 1.37 bits per heavy atom. The third-order valence-electron chi connectivity index (χ3n) is 3.70. The van der Waals surface area contributed by atoms with Crippen molar-refractivity contribution in [2.24, 2.45) is 11.3 Å². The minimum absolute atomic E-state index is 0.0427. The zero-order valence-corrected chi connectivity index (χ0v) is 11.9. The van der Waals surface area contributed by atoms with Gasteiger partial charge in [-0.05, 0) is 37.0 Å². The van der Waals surface area contributed by atoms with Gasteiger partial charge >= 0.3 is 5.97 Å². The van der Waals surface area contributed by atoms with Gasteiger partial charge < -0.3 is 10.4 Å². The average molecular weight is 267 g/mol. The Kier molecular flexibility index (Phi) is 6.06. The van der Waals surface area contributed by atoms with Gasteiger partial charge in [0.2, 0.25) is 5.91 Å². The molecule has 0 bridgehead atoms. The van der Waals surface area contributed by atoms with Gasteiger partial charge in [0.25, 0.3) is 0 Å². The molecular formula is C15H25NO3. The van der Waals surface area contributed by atoms with Crippen molar-refractivity contribution < 1.29 is 14.7 Å². The van der Waals surface area contributed by atoms with Crippen LogP contribution in [0.4, 0.5) is 0 Å². The second-order valence-corrected chi connectivity index (χ2v) is 6.13. The minimum atomic E-state index is -0.759. The topological polar surface area (TPSA) is 66.4 Å². The highest BCUT2D eigenvalue weighted by atomic mass is 16.4. The molecule has 0 saturated carbocycles. The van der Waals surface area contributed by atoms with Crippen LogP contribution in [0, 0.1) is 11.3 Å². The van der Waals surface area contributed by atoms with Gasteiger partial charge in [0.05, 0.1) is 0 Å².